The van der Waals surface area contributed by atoms with Gasteiger partial charge in [0.1, 0.15) is 0 Å². The summed E-state index contributed by atoms with van der Waals surface area (Å²) in [5.74, 6) is 1.14. The van der Waals surface area contributed by atoms with Crippen LogP contribution in [0.5, 0.6) is 11.5 Å². The van der Waals surface area contributed by atoms with Crippen molar-refractivity contribution in [1.82, 2.24) is 0 Å². The highest BCUT2D eigenvalue weighted by molar-refractivity contribution is 5.97. The molecule has 0 unspecified atom stereocenters. The average Bonchev–Trinajstić information content (AvgIpc) is 3.00. The molecule has 0 bridgehead atoms. The van der Waals surface area contributed by atoms with Crippen LogP contribution in [-0.2, 0) is 16.1 Å². The summed E-state index contributed by atoms with van der Waals surface area (Å²) < 4.78 is 10.4. The van der Waals surface area contributed by atoms with Gasteiger partial charge < -0.3 is 19.2 Å². The molecule has 0 aliphatic carbocycles. The molecule has 136 valence electrons. The molecule has 2 aromatic carbocycles. The van der Waals surface area contributed by atoms with Crippen LogP contribution in [0.2, 0.25) is 0 Å². The summed E-state index contributed by atoms with van der Waals surface area (Å²) in [6.07, 6.45) is 2.40. The summed E-state index contributed by atoms with van der Waals surface area (Å²) in [6.45, 7) is 1.92. The van der Waals surface area contributed by atoms with Gasteiger partial charge in [-0.15, -0.1) is 0 Å². The van der Waals surface area contributed by atoms with Crippen molar-refractivity contribution in [3.63, 3.8) is 0 Å². The predicted octanol–water partition coefficient (Wildman–Crippen LogP) is 3.03. The van der Waals surface area contributed by atoms with E-state index in [-0.39, 0.29) is 18.6 Å². The van der Waals surface area contributed by atoms with Crippen LogP contribution in [0.4, 0.5) is 5.69 Å². The lowest BCUT2D eigenvalue weighted by Gasteiger charge is -2.21. The van der Waals surface area contributed by atoms with Gasteiger partial charge in [-0.3, -0.25) is 4.79 Å². The van der Waals surface area contributed by atoms with Gasteiger partial charge in [-0.2, -0.15) is 0 Å². The Balaban J connectivity index is 1.60. The van der Waals surface area contributed by atoms with Gasteiger partial charge >= 0.3 is 0 Å². The number of oxime groups is 1. The zero-order valence-electron chi connectivity index (χ0n) is 15.1. The molecule has 1 aliphatic heterocycles. The standard InChI is InChI=1S/C20H22N2O4/c1-14-10-16-6-4-5-7-17(16)22(14)20(23)13-26-21-12-15-8-9-18(24-2)19(11-15)25-3/h4-9,11-12,14H,10,13H2,1-3H3/b21-12-/t14-/m0/s1. The molecule has 6 heteroatoms. The lowest BCUT2D eigenvalue weighted by atomic mass is 10.1. The van der Waals surface area contributed by atoms with Crippen LogP contribution in [0.25, 0.3) is 0 Å². The number of benzene rings is 2. The van der Waals surface area contributed by atoms with Crippen LogP contribution in [0.1, 0.15) is 18.1 Å². The lowest BCUT2D eigenvalue weighted by molar-refractivity contribution is -0.123. The minimum atomic E-state index is -0.109. The van der Waals surface area contributed by atoms with Crippen LogP contribution in [0, 0.1) is 0 Å². The number of anilines is 1. The van der Waals surface area contributed by atoms with Crippen molar-refractivity contribution in [2.45, 2.75) is 19.4 Å². The highest BCUT2D eigenvalue weighted by atomic mass is 16.6. The SMILES string of the molecule is COc1ccc(/C=N\OCC(=O)N2c3ccccc3C[C@@H]2C)cc1OC. The maximum absolute atomic E-state index is 12.5. The van der Waals surface area contributed by atoms with E-state index in [0.717, 1.165) is 17.7 Å². The van der Waals surface area contributed by atoms with E-state index in [4.69, 9.17) is 14.3 Å². The Kier molecular flexibility index (Phi) is 5.41. The number of fused-ring (bicyclic) bond motifs is 1. The highest BCUT2D eigenvalue weighted by Crippen LogP contribution is 2.31. The van der Waals surface area contributed by atoms with E-state index in [1.807, 2.05) is 31.2 Å². The largest absolute Gasteiger partial charge is 0.493 e. The molecular weight excluding hydrogens is 332 g/mol. The molecule has 0 N–H and O–H groups in total. The highest BCUT2D eigenvalue weighted by Gasteiger charge is 2.30. The van der Waals surface area contributed by atoms with Crippen molar-refractivity contribution in [2.24, 2.45) is 5.16 Å². The molecule has 0 fully saturated rings. The van der Waals surface area contributed by atoms with Crippen LogP contribution < -0.4 is 14.4 Å². The smallest absolute Gasteiger partial charge is 0.268 e. The third-order valence-corrected chi connectivity index (χ3v) is 4.35. The normalized spacial score (nSPS) is 15.8. The van der Waals surface area contributed by atoms with Crippen molar-refractivity contribution in [2.75, 3.05) is 25.7 Å². The van der Waals surface area contributed by atoms with Crippen LogP contribution in [-0.4, -0.2) is 39.0 Å². The van der Waals surface area contributed by atoms with E-state index in [2.05, 4.69) is 11.2 Å². The minimum absolute atomic E-state index is 0.105. The third kappa shape index (κ3) is 3.64. The zero-order valence-corrected chi connectivity index (χ0v) is 15.1. The first-order valence-electron chi connectivity index (χ1n) is 8.41. The molecule has 6 nitrogen and oxygen atoms in total. The Hall–Kier alpha value is -3.02. The first kappa shape index (κ1) is 17.8. The van der Waals surface area contributed by atoms with Gasteiger partial charge in [0.25, 0.3) is 5.91 Å². The number of hydrogen-bond acceptors (Lipinski definition) is 5. The summed E-state index contributed by atoms with van der Waals surface area (Å²) in [4.78, 5) is 19.5. The fourth-order valence-electron chi connectivity index (χ4n) is 3.14. The number of carbonyl (C=O) groups is 1. The Morgan fingerprint density at radius 2 is 1.96 bits per heavy atom. The van der Waals surface area contributed by atoms with Gasteiger partial charge in [0.05, 0.1) is 20.4 Å². The van der Waals surface area contributed by atoms with Crippen LogP contribution in [0.15, 0.2) is 47.6 Å². The topological polar surface area (TPSA) is 60.4 Å². The minimum Gasteiger partial charge on any atom is -0.493 e. The van der Waals surface area contributed by atoms with Gasteiger partial charge in [0.15, 0.2) is 18.1 Å². The maximum Gasteiger partial charge on any atom is 0.268 e. The zero-order chi connectivity index (χ0) is 18.5. The van der Waals surface area contributed by atoms with Crippen molar-refractivity contribution in [3.8, 4) is 11.5 Å². The van der Waals surface area contributed by atoms with Crippen LogP contribution in [0.3, 0.4) is 0 Å². The number of methoxy groups -OCH3 is 2. The molecule has 1 atom stereocenters. The molecule has 26 heavy (non-hydrogen) atoms. The maximum atomic E-state index is 12.5. The number of nitrogens with zero attached hydrogens (tertiary/aromatic N) is 2. The van der Waals surface area contributed by atoms with Gasteiger partial charge in [-0.05, 0) is 43.2 Å². The van der Waals surface area contributed by atoms with E-state index in [1.54, 1.807) is 31.3 Å². The summed E-state index contributed by atoms with van der Waals surface area (Å²) >= 11 is 0. The molecular formula is C20H22N2O4. The molecule has 0 radical (unpaired) electrons. The third-order valence-electron chi connectivity index (χ3n) is 4.35. The molecule has 0 saturated heterocycles. The molecule has 1 amide bonds. The van der Waals surface area contributed by atoms with Crippen molar-refractivity contribution >= 4 is 17.8 Å². The van der Waals surface area contributed by atoms with Gasteiger partial charge in [-0.25, -0.2) is 0 Å². The Morgan fingerprint density at radius 1 is 1.19 bits per heavy atom. The molecule has 3 rings (SSSR count). The number of para-hydroxylation sites is 1. The average molecular weight is 354 g/mol. The number of hydrogen-bond donors (Lipinski definition) is 0. The van der Waals surface area contributed by atoms with Crippen molar-refractivity contribution in [3.05, 3.63) is 53.6 Å². The first-order chi connectivity index (χ1) is 12.6. The second kappa shape index (κ2) is 7.91. The van der Waals surface area contributed by atoms with E-state index in [9.17, 15) is 4.79 Å². The molecule has 2 aromatic rings. The van der Waals surface area contributed by atoms with E-state index in [1.165, 1.54) is 11.8 Å². The van der Waals surface area contributed by atoms with Gasteiger partial charge in [0, 0.05) is 17.3 Å². The molecule has 0 spiro atoms. The number of amides is 1. The fraction of sp³-hybridized carbons (Fsp3) is 0.300. The number of ether oxygens (including phenoxy) is 2. The lowest BCUT2D eigenvalue weighted by Crippen LogP contribution is -2.37. The van der Waals surface area contributed by atoms with E-state index in [0.29, 0.717) is 11.5 Å². The second-order valence-corrected chi connectivity index (χ2v) is 6.07. The monoisotopic (exact) mass is 354 g/mol. The van der Waals surface area contributed by atoms with Gasteiger partial charge in [-0.1, -0.05) is 23.4 Å². The second-order valence-electron chi connectivity index (χ2n) is 6.07. The number of carbonyl (C=O) groups excluding carboxylic acids is 1. The quantitative estimate of drug-likeness (QED) is 0.591. The summed E-state index contributed by atoms with van der Waals surface area (Å²) in [5.41, 5.74) is 2.93. The first-order valence-corrected chi connectivity index (χ1v) is 8.41. The molecule has 0 saturated carbocycles. The predicted molar refractivity (Wildman–Crippen MR) is 100 cm³/mol. The van der Waals surface area contributed by atoms with E-state index >= 15 is 0 Å². The van der Waals surface area contributed by atoms with Crippen LogP contribution >= 0.6 is 0 Å². The Labute approximate surface area is 153 Å². The van der Waals surface area contributed by atoms with Crippen molar-refractivity contribution < 1.29 is 19.1 Å². The Bertz CT molecular complexity index is 819. The Morgan fingerprint density at radius 3 is 2.73 bits per heavy atom. The molecule has 1 heterocycles. The summed E-state index contributed by atoms with van der Waals surface area (Å²) in [5, 5.41) is 3.90. The van der Waals surface area contributed by atoms with Crippen molar-refractivity contribution in [1.29, 1.82) is 0 Å². The summed E-state index contributed by atoms with van der Waals surface area (Å²) in [6, 6.07) is 13.5. The summed E-state index contributed by atoms with van der Waals surface area (Å²) in [7, 11) is 3.15. The molecule has 0 aromatic heterocycles. The van der Waals surface area contributed by atoms with Gasteiger partial charge in [0.2, 0.25) is 0 Å². The molecule has 1 aliphatic rings. The van der Waals surface area contributed by atoms with E-state index < -0.39 is 0 Å². The number of rotatable bonds is 6. The fourth-order valence-corrected chi connectivity index (χ4v) is 3.14.